The minimum Gasteiger partial charge on any atom is -0.493 e. The number of rotatable bonds is 6. The van der Waals surface area contributed by atoms with Crippen LogP contribution in [-0.2, 0) is 16.0 Å². The third-order valence-corrected chi connectivity index (χ3v) is 3.66. The molecule has 1 amide bonds. The number of carbonyl (C=O) groups is 2. The van der Waals surface area contributed by atoms with Crippen LogP contribution in [-0.4, -0.2) is 48.9 Å². The van der Waals surface area contributed by atoms with Gasteiger partial charge < -0.3 is 19.3 Å². The monoisotopic (exact) mass is 357 g/mol. The summed E-state index contributed by atoms with van der Waals surface area (Å²) >= 11 is 0. The number of methoxy groups -OCH3 is 1. The van der Waals surface area contributed by atoms with Gasteiger partial charge in [-0.1, -0.05) is 12.7 Å². The number of ether oxygens (including phenoxy) is 3. The van der Waals surface area contributed by atoms with E-state index in [2.05, 4.69) is 11.3 Å². The normalized spacial score (nSPS) is 16.2. The fourth-order valence-corrected chi connectivity index (χ4v) is 2.65. The maximum Gasteiger partial charge on any atom is 0.411 e. The van der Waals surface area contributed by atoms with Crippen LogP contribution in [0.5, 0.6) is 11.5 Å². The lowest BCUT2D eigenvalue weighted by Gasteiger charge is -2.34. The van der Waals surface area contributed by atoms with E-state index in [1.54, 1.807) is 0 Å². The second-order valence-corrected chi connectivity index (χ2v) is 5.13. The maximum absolute atomic E-state index is 12.6. The van der Waals surface area contributed by atoms with Crippen LogP contribution in [0.25, 0.3) is 0 Å². The number of nitrogens with zero attached hydrogens (tertiary/aromatic N) is 1. The van der Waals surface area contributed by atoms with E-state index in [1.165, 1.54) is 19.3 Å². The highest BCUT2D eigenvalue weighted by Crippen LogP contribution is 2.39. The molecule has 1 aliphatic heterocycles. The molecule has 1 atom stereocenters. The van der Waals surface area contributed by atoms with Gasteiger partial charge >= 0.3 is 18.7 Å². The molecule has 136 valence electrons. The number of halogens is 2. The van der Waals surface area contributed by atoms with Gasteiger partial charge in [0.1, 0.15) is 6.61 Å². The van der Waals surface area contributed by atoms with Gasteiger partial charge in [0.2, 0.25) is 0 Å². The predicted molar refractivity (Wildman–Crippen MR) is 82.0 cm³/mol. The molecule has 0 aromatic heterocycles. The average molecular weight is 357 g/mol. The zero-order valence-corrected chi connectivity index (χ0v) is 13.4. The molecule has 0 spiro atoms. The van der Waals surface area contributed by atoms with Crippen LogP contribution in [0.3, 0.4) is 0 Å². The molecular weight excluding hydrogens is 340 g/mol. The molecule has 0 saturated carbocycles. The number of carboxylic acid groups (broad SMARTS) is 1. The van der Waals surface area contributed by atoms with E-state index in [-0.39, 0.29) is 30.2 Å². The molecule has 7 nitrogen and oxygen atoms in total. The molecule has 0 saturated heterocycles. The zero-order chi connectivity index (χ0) is 18.6. The Hall–Kier alpha value is -2.84. The number of alkyl halides is 2. The maximum atomic E-state index is 12.6. The molecule has 9 heteroatoms. The second kappa shape index (κ2) is 7.82. The van der Waals surface area contributed by atoms with Crippen LogP contribution in [0.15, 0.2) is 24.8 Å². The zero-order valence-electron chi connectivity index (χ0n) is 13.4. The van der Waals surface area contributed by atoms with E-state index in [9.17, 15) is 23.5 Å². The molecule has 1 aromatic carbocycles. The summed E-state index contributed by atoms with van der Waals surface area (Å²) in [5, 5.41) is 9.54. The van der Waals surface area contributed by atoms with Crippen LogP contribution in [0.4, 0.5) is 13.6 Å². The lowest BCUT2D eigenvalue weighted by atomic mass is 9.92. The Kier molecular flexibility index (Phi) is 5.79. The Balaban J connectivity index is 2.44. The highest BCUT2D eigenvalue weighted by molar-refractivity contribution is 5.83. The molecule has 1 heterocycles. The number of fused-ring (bicyclic) bond motifs is 1. The molecule has 1 aliphatic rings. The van der Waals surface area contributed by atoms with Crippen molar-refractivity contribution in [3.05, 3.63) is 35.9 Å². The number of carboxylic acids is 1. The molecule has 25 heavy (non-hydrogen) atoms. The molecule has 0 aliphatic carbocycles. The molecule has 0 bridgehead atoms. The van der Waals surface area contributed by atoms with E-state index in [4.69, 9.17) is 9.47 Å². The Morgan fingerprint density at radius 3 is 2.72 bits per heavy atom. The van der Waals surface area contributed by atoms with Gasteiger partial charge in [0, 0.05) is 6.54 Å². The van der Waals surface area contributed by atoms with Crippen molar-refractivity contribution in [2.24, 2.45) is 0 Å². The van der Waals surface area contributed by atoms with Crippen molar-refractivity contribution < 1.29 is 37.7 Å². The Labute approximate surface area is 142 Å². The third-order valence-electron chi connectivity index (χ3n) is 3.66. The van der Waals surface area contributed by atoms with Crippen molar-refractivity contribution in [3.63, 3.8) is 0 Å². The van der Waals surface area contributed by atoms with Gasteiger partial charge in [-0.3, -0.25) is 4.90 Å². The number of benzene rings is 1. The smallest absolute Gasteiger partial charge is 0.411 e. The standard InChI is InChI=1S/C16H17F2NO6/c1-3-6-24-16(22)19-5-4-9-7-11(23-2)12(25-15(17)18)8-10(9)13(19)14(20)21/h3,7-8,13,15H,1,4-6H2,2H3,(H,20,21). The second-order valence-electron chi connectivity index (χ2n) is 5.13. The van der Waals surface area contributed by atoms with Crippen LogP contribution >= 0.6 is 0 Å². The first-order valence-electron chi connectivity index (χ1n) is 7.31. The van der Waals surface area contributed by atoms with E-state index in [0.29, 0.717) is 12.0 Å². The lowest BCUT2D eigenvalue weighted by Crippen LogP contribution is -2.43. The van der Waals surface area contributed by atoms with Crippen LogP contribution in [0.2, 0.25) is 0 Å². The van der Waals surface area contributed by atoms with Gasteiger partial charge in [-0.25, -0.2) is 9.59 Å². The van der Waals surface area contributed by atoms with E-state index >= 15 is 0 Å². The molecule has 1 aromatic rings. The van der Waals surface area contributed by atoms with Crippen LogP contribution < -0.4 is 9.47 Å². The molecule has 1 unspecified atom stereocenters. The molecular formula is C16H17F2NO6. The Morgan fingerprint density at radius 1 is 1.44 bits per heavy atom. The largest absolute Gasteiger partial charge is 0.493 e. The van der Waals surface area contributed by atoms with E-state index < -0.39 is 24.7 Å². The number of carbonyl (C=O) groups excluding carboxylic acids is 1. The van der Waals surface area contributed by atoms with Gasteiger partial charge in [-0.2, -0.15) is 8.78 Å². The van der Waals surface area contributed by atoms with Gasteiger partial charge in [0.15, 0.2) is 17.5 Å². The number of aliphatic carboxylic acids is 1. The summed E-state index contributed by atoms with van der Waals surface area (Å²) in [7, 11) is 1.29. The van der Waals surface area contributed by atoms with Crippen molar-refractivity contribution >= 4 is 12.1 Å². The van der Waals surface area contributed by atoms with Gasteiger partial charge in [-0.15, -0.1) is 0 Å². The van der Waals surface area contributed by atoms with Crippen LogP contribution in [0.1, 0.15) is 17.2 Å². The minimum absolute atomic E-state index is 0.0610. The predicted octanol–water partition coefficient (Wildman–Crippen LogP) is 2.60. The highest BCUT2D eigenvalue weighted by Gasteiger charge is 2.38. The summed E-state index contributed by atoms with van der Waals surface area (Å²) in [4.78, 5) is 24.8. The van der Waals surface area contributed by atoms with Crippen molar-refractivity contribution in [1.82, 2.24) is 4.90 Å². The van der Waals surface area contributed by atoms with Crippen molar-refractivity contribution in [2.45, 2.75) is 19.1 Å². The first-order chi connectivity index (χ1) is 11.9. The summed E-state index contributed by atoms with van der Waals surface area (Å²) < 4.78 is 39.5. The van der Waals surface area contributed by atoms with Crippen molar-refractivity contribution in [3.8, 4) is 11.5 Å². The average Bonchev–Trinajstić information content (AvgIpc) is 2.57. The summed E-state index contributed by atoms with van der Waals surface area (Å²) in [6.45, 7) is 0.331. The highest BCUT2D eigenvalue weighted by atomic mass is 19.3. The van der Waals surface area contributed by atoms with Gasteiger partial charge in [0.25, 0.3) is 0 Å². The fourth-order valence-electron chi connectivity index (χ4n) is 2.65. The first kappa shape index (κ1) is 18.5. The Morgan fingerprint density at radius 2 is 2.16 bits per heavy atom. The lowest BCUT2D eigenvalue weighted by molar-refractivity contribution is -0.143. The van der Waals surface area contributed by atoms with E-state index in [1.807, 2.05) is 0 Å². The minimum atomic E-state index is -3.10. The van der Waals surface area contributed by atoms with Gasteiger partial charge in [0.05, 0.1) is 7.11 Å². The topological polar surface area (TPSA) is 85.3 Å². The summed E-state index contributed by atoms with van der Waals surface area (Å²) in [5.74, 6) is -1.56. The van der Waals surface area contributed by atoms with Crippen molar-refractivity contribution in [1.29, 1.82) is 0 Å². The summed E-state index contributed by atoms with van der Waals surface area (Å²) in [5.41, 5.74) is 0.740. The summed E-state index contributed by atoms with van der Waals surface area (Å²) in [6, 6.07) is 1.22. The molecule has 2 rings (SSSR count). The number of amides is 1. The van der Waals surface area contributed by atoms with E-state index in [0.717, 1.165) is 11.0 Å². The summed E-state index contributed by atoms with van der Waals surface area (Å²) in [6.07, 6.45) is 0.837. The third kappa shape index (κ3) is 3.98. The number of hydrogen-bond donors (Lipinski definition) is 1. The molecule has 0 fully saturated rings. The number of hydrogen-bond acceptors (Lipinski definition) is 5. The fraction of sp³-hybridized carbons (Fsp3) is 0.375. The van der Waals surface area contributed by atoms with Crippen molar-refractivity contribution in [2.75, 3.05) is 20.3 Å². The Bertz CT molecular complexity index is 679. The quantitative estimate of drug-likeness (QED) is 0.788. The SMILES string of the molecule is C=CCOC(=O)N1CCc2cc(OC)c(OC(F)F)cc2C1C(=O)O. The molecule has 1 N–H and O–H groups in total. The van der Waals surface area contributed by atoms with Gasteiger partial charge in [-0.05, 0) is 29.7 Å². The first-order valence-corrected chi connectivity index (χ1v) is 7.31. The molecule has 0 radical (unpaired) electrons. The van der Waals surface area contributed by atoms with Crippen LogP contribution in [0, 0.1) is 0 Å².